The Morgan fingerprint density at radius 1 is 1.47 bits per heavy atom. The second-order valence-electron chi connectivity index (χ2n) is 4.12. The molecule has 0 aliphatic rings. The van der Waals surface area contributed by atoms with Crippen LogP contribution in [0.15, 0.2) is 16.9 Å². The van der Waals surface area contributed by atoms with Crippen molar-refractivity contribution in [3.05, 3.63) is 18.4 Å². The summed E-state index contributed by atoms with van der Waals surface area (Å²) in [5.41, 5.74) is -0.174. The summed E-state index contributed by atoms with van der Waals surface area (Å²) in [6.45, 7) is 6.16. The smallest absolute Gasteiger partial charge is 0.194 e. The maximum atomic E-state index is 12.0. The van der Waals surface area contributed by atoms with Gasteiger partial charge in [0.15, 0.2) is 5.89 Å². The molecule has 0 aliphatic heterocycles. The van der Waals surface area contributed by atoms with Crippen LogP contribution < -0.4 is 0 Å². The van der Waals surface area contributed by atoms with Crippen molar-refractivity contribution in [2.24, 2.45) is 5.41 Å². The van der Waals surface area contributed by atoms with E-state index in [1.54, 1.807) is 12.5 Å². The lowest BCUT2D eigenvalue weighted by molar-refractivity contribution is -0.128. The lowest BCUT2D eigenvalue weighted by Crippen LogP contribution is -2.26. The van der Waals surface area contributed by atoms with Crippen LogP contribution in [0, 0.1) is 5.41 Å². The summed E-state index contributed by atoms with van der Waals surface area (Å²) in [7, 11) is 0. The largest absolute Gasteiger partial charge is 0.449 e. The number of ketones is 1. The maximum Gasteiger partial charge on any atom is 0.194 e. The van der Waals surface area contributed by atoms with Crippen LogP contribution in [0.5, 0.6) is 0 Å². The number of aromatic nitrogens is 1. The standard InChI is InChI=1S/C12H19NO2/c1-4-12(3,5-2)10(14)6-7-11-13-8-9-15-11/h8-9H,4-7H2,1-3H3. The molecule has 84 valence electrons. The number of nitrogens with zero attached hydrogens (tertiary/aromatic N) is 1. The molecule has 0 N–H and O–H groups in total. The fourth-order valence-electron chi connectivity index (χ4n) is 1.54. The fourth-order valence-corrected chi connectivity index (χ4v) is 1.54. The number of hydrogen-bond acceptors (Lipinski definition) is 3. The Labute approximate surface area is 90.9 Å². The Kier molecular flexibility index (Phi) is 4.06. The molecule has 0 bridgehead atoms. The molecule has 3 nitrogen and oxygen atoms in total. The molecule has 0 radical (unpaired) electrons. The minimum atomic E-state index is -0.174. The van der Waals surface area contributed by atoms with Gasteiger partial charge in [-0.3, -0.25) is 4.79 Å². The number of rotatable bonds is 6. The van der Waals surface area contributed by atoms with E-state index in [1.165, 1.54) is 0 Å². The molecule has 0 spiro atoms. The molecular weight excluding hydrogens is 190 g/mol. The monoisotopic (exact) mass is 209 g/mol. The Bertz CT molecular complexity index is 299. The highest BCUT2D eigenvalue weighted by Crippen LogP contribution is 2.28. The maximum absolute atomic E-state index is 12.0. The van der Waals surface area contributed by atoms with E-state index in [0.29, 0.717) is 24.5 Å². The van der Waals surface area contributed by atoms with E-state index < -0.39 is 0 Å². The van der Waals surface area contributed by atoms with Crippen LogP contribution in [0.1, 0.15) is 45.9 Å². The van der Waals surface area contributed by atoms with Crippen LogP contribution in [0.2, 0.25) is 0 Å². The number of hydrogen-bond donors (Lipinski definition) is 0. The second-order valence-corrected chi connectivity index (χ2v) is 4.12. The molecule has 1 heterocycles. The third kappa shape index (κ3) is 2.91. The zero-order valence-corrected chi connectivity index (χ0v) is 9.75. The first kappa shape index (κ1) is 12.0. The number of carbonyl (C=O) groups is 1. The van der Waals surface area contributed by atoms with Crippen molar-refractivity contribution in [1.82, 2.24) is 4.98 Å². The predicted octanol–water partition coefficient (Wildman–Crippen LogP) is 3.00. The van der Waals surface area contributed by atoms with E-state index in [4.69, 9.17) is 4.42 Å². The Balaban J connectivity index is 2.48. The first-order valence-corrected chi connectivity index (χ1v) is 5.54. The third-order valence-electron chi connectivity index (χ3n) is 3.28. The summed E-state index contributed by atoms with van der Waals surface area (Å²) in [5.74, 6) is 0.962. The summed E-state index contributed by atoms with van der Waals surface area (Å²) in [6.07, 6.45) is 6.08. The first-order valence-electron chi connectivity index (χ1n) is 5.54. The van der Waals surface area contributed by atoms with Crippen LogP contribution >= 0.6 is 0 Å². The molecule has 0 aliphatic carbocycles. The van der Waals surface area contributed by atoms with Crippen molar-refractivity contribution in [2.45, 2.75) is 46.5 Å². The summed E-state index contributed by atoms with van der Waals surface area (Å²) >= 11 is 0. The highest BCUT2D eigenvalue weighted by molar-refractivity contribution is 5.84. The van der Waals surface area contributed by atoms with Crippen LogP contribution in [-0.4, -0.2) is 10.8 Å². The van der Waals surface area contributed by atoms with Crippen molar-refractivity contribution in [2.75, 3.05) is 0 Å². The van der Waals surface area contributed by atoms with Crippen LogP contribution in [0.3, 0.4) is 0 Å². The molecule has 1 aromatic rings. The van der Waals surface area contributed by atoms with Gasteiger partial charge in [-0.15, -0.1) is 0 Å². The molecule has 0 fully saturated rings. The molecule has 3 heteroatoms. The van der Waals surface area contributed by atoms with E-state index in [1.807, 2.05) is 6.92 Å². The molecule has 0 saturated carbocycles. The van der Waals surface area contributed by atoms with Crippen LogP contribution in [0.4, 0.5) is 0 Å². The van der Waals surface area contributed by atoms with E-state index in [2.05, 4.69) is 18.8 Å². The molecular formula is C12H19NO2. The number of aryl methyl sites for hydroxylation is 1. The first-order chi connectivity index (χ1) is 7.12. The van der Waals surface area contributed by atoms with E-state index in [9.17, 15) is 4.79 Å². The summed E-state index contributed by atoms with van der Waals surface area (Å²) in [6, 6.07) is 0. The molecule has 0 aromatic carbocycles. The van der Waals surface area contributed by atoms with Crippen LogP contribution in [0.25, 0.3) is 0 Å². The van der Waals surface area contributed by atoms with E-state index in [-0.39, 0.29) is 5.41 Å². The van der Waals surface area contributed by atoms with Gasteiger partial charge in [0.25, 0.3) is 0 Å². The minimum Gasteiger partial charge on any atom is -0.449 e. The van der Waals surface area contributed by atoms with Gasteiger partial charge in [-0.2, -0.15) is 0 Å². The lowest BCUT2D eigenvalue weighted by atomic mass is 9.79. The topological polar surface area (TPSA) is 43.1 Å². The number of oxazole rings is 1. The van der Waals surface area contributed by atoms with Crippen molar-refractivity contribution in [3.63, 3.8) is 0 Å². The van der Waals surface area contributed by atoms with Crippen LogP contribution in [-0.2, 0) is 11.2 Å². The Hall–Kier alpha value is -1.12. The van der Waals surface area contributed by atoms with Gasteiger partial charge in [0, 0.05) is 18.3 Å². The van der Waals surface area contributed by atoms with Gasteiger partial charge in [0.05, 0.1) is 6.20 Å². The molecule has 1 aromatic heterocycles. The molecule has 0 atom stereocenters. The van der Waals surface area contributed by atoms with Gasteiger partial charge in [-0.25, -0.2) is 4.98 Å². The number of carbonyl (C=O) groups excluding carboxylic acids is 1. The Morgan fingerprint density at radius 3 is 2.60 bits per heavy atom. The average molecular weight is 209 g/mol. The predicted molar refractivity (Wildman–Crippen MR) is 58.5 cm³/mol. The van der Waals surface area contributed by atoms with Gasteiger partial charge in [-0.1, -0.05) is 20.8 Å². The zero-order valence-electron chi connectivity index (χ0n) is 9.75. The van der Waals surface area contributed by atoms with Gasteiger partial charge >= 0.3 is 0 Å². The molecule has 0 amide bonds. The molecule has 1 rings (SSSR count). The Morgan fingerprint density at radius 2 is 2.13 bits per heavy atom. The second kappa shape index (κ2) is 5.10. The van der Waals surface area contributed by atoms with E-state index in [0.717, 1.165) is 12.8 Å². The quantitative estimate of drug-likeness (QED) is 0.723. The molecule has 15 heavy (non-hydrogen) atoms. The fraction of sp³-hybridized carbons (Fsp3) is 0.667. The summed E-state index contributed by atoms with van der Waals surface area (Å²) in [5, 5.41) is 0. The van der Waals surface area contributed by atoms with Gasteiger partial charge in [0.2, 0.25) is 0 Å². The highest BCUT2D eigenvalue weighted by Gasteiger charge is 2.28. The SMILES string of the molecule is CCC(C)(CC)C(=O)CCc1ncco1. The average Bonchev–Trinajstić information content (AvgIpc) is 2.77. The normalized spacial score (nSPS) is 11.7. The van der Waals surface area contributed by atoms with Gasteiger partial charge in [0.1, 0.15) is 12.0 Å². The highest BCUT2D eigenvalue weighted by atomic mass is 16.3. The molecule has 0 saturated heterocycles. The van der Waals surface area contributed by atoms with Crippen molar-refractivity contribution < 1.29 is 9.21 Å². The zero-order chi connectivity index (χ0) is 11.3. The van der Waals surface area contributed by atoms with E-state index >= 15 is 0 Å². The summed E-state index contributed by atoms with van der Waals surface area (Å²) in [4.78, 5) is 16.0. The third-order valence-corrected chi connectivity index (χ3v) is 3.28. The van der Waals surface area contributed by atoms with Crippen molar-refractivity contribution >= 4 is 5.78 Å². The van der Waals surface area contributed by atoms with Gasteiger partial charge in [-0.05, 0) is 12.8 Å². The molecule has 0 unspecified atom stereocenters. The van der Waals surface area contributed by atoms with Crippen molar-refractivity contribution in [3.8, 4) is 0 Å². The number of Topliss-reactive ketones (excluding diaryl/α,β-unsaturated/α-hetero) is 1. The van der Waals surface area contributed by atoms with Crippen molar-refractivity contribution in [1.29, 1.82) is 0 Å². The van der Waals surface area contributed by atoms with Gasteiger partial charge < -0.3 is 4.42 Å². The summed E-state index contributed by atoms with van der Waals surface area (Å²) < 4.78 is 5.10. The minimum absolute atomic E-state index is 0.174. The lowest BCUT2D eigenvalue weighted by Gasteiger charge is -2.24.